The van der Waals surface area contributed by atoms with Crippen LogP contribution in [0.25, 0.3) is 11.0 Å². The van der Waals surface area contributed by atoms with Gasteiger partial charge in [0.25, 0.3) is 0 Å². The topological polar surface area (TPSA) is 80.0 Å². The molecule has 6 heteroatoms. The van der Waals surface area contributed by atoms with E-state index < -0.39 is 17.2 Å². The van der Waals surface area contributed by atoms with E-state index >= 15 is 0 Å². The van der Waals surface area contributed by atoms with Crippen LogP contribution in [0.2, 0.25) is 0 Å². The lowest BCUT2D eigenvalue weighted by molar-refractivity contribution is 0.0692. The molecular weight excluding hydrogens is 322 g/mol. The molecule has 0 aliphatic heterocycles. The first-order chi connectivity index (χ1) is 12.0. The molecule has 1 heterocycles. The van der Waals surface area contributed by atoms with Gasteiger partial charge in [-0.1, -0.05) is 30.3 Å². The molecule has 25 heavy (non-hydrogen) atoms. The minimum absolute atomic E-state index is 0.311. The smallest absolute Gasteiger partial charge is 0.351 e. The minimum atomic E-state index is -1.32. The standard InChI is InChI=1S/C19H17NO5/c1-20(11-12-6-4-3-5-7-12)15-10-16-13(9-17(15)24-2)8-14(18(21)22)19(23)25-16/h3-10H,11H2,1-2H3,(H,21,22). The van der Waals surface area contributed by atoms with Crippen molar-refractivity contribution in [2.45, 2.75) is 6.54 Å². The van der Waals surface area contributed by atoms with Gasteiger partial charge in [0.15, 0.2) is 0 Å². The van der Waals surface area contributed by atoms with Gasteiger partial charge >= 0.3 is 11.6 Å². The van der Waals surface area contributed by atoms with Gasteiger partial charge in [0, 0.05) is 25.0 Å². The molecule has 0 fully saturated rings. The Balaban J connectivity index is 2.07. The number of carbonyl (C=O) groups is 1. The Morgan fingerprint density at radius 1 is 1.20 bits per heavy atom. The van der Waals surface area contributed by atoms with Crippen LogP contribution < -0.4 is 15.3 Å². The molecule has 1 N–H and O–H groups in total. The van der Waals surface area contributed by atoms with E-state index in [1.165, 1.54) is 13.2 Å². The Morgan fingerprint density at radius 3 is 2.56 bits per heavy atom. The van der Waals surface area contributed by atoms with Gasteiger partial charge in [0.2, 0.25) is 0 Å². The van der Waals surface area contributed by atoms with Gasteiger partial charge in [-0.05, 0) is 17.7 Å². The number of anilines is 1. The van der Waals surface area contributed by atoms with Crippen LogP contribution in [0.4, 0.5) is 5.69 Å². The highest BCUT2D eigenvalue weighted by Gasteiger charge is 2.16. The monoisotopic (exact) mass is 339 g/mol. The van der Waals surface area contributed by atoms with E-state index in [-0.39, 0.29) is 0 Å². The molecule has 128 valence electrons. The number of nitrogens with zero attached hydrogens (tertiary/aromatic N) is 1. The Hall–Kier alpha value is -3.28. The zero-order valence-electron chi connectivity index (χ0n) is 13.9. The average Bonchev–Trinajstić information content (AvgIpc) is 2.60. The largest absolute Gasteiger partial charge is 0.495 e. The van der Waals surface area contributed by atoms with Gasteiger partial charge in [-0.2, -0.15) is 0 Å². The van der Waals surface area contributed by atoms with Gasteiger partial charge in [0.05, 0.1) is 12.8 Å². The van der Waals surface area contributed by atoms with Crippen molar-refractivity contribution < 1.29 is 19.1 Å². The maximum atomic E-state index is 11.8. The molecular formula is C19H17NO5. The second-order valence-corrected chi connectivity index (χ2v) is 5.66. The van der Waals surface area contributed by atoms with Crippen LogP contribution in [-0.4, -0.2) is 25.2 Å². The molecule has 0 spiro atoms. The molecule has 0 atom stereocenters. The molecule has 0 aliphatic carbocycles. The molecule has 2 aromatic carbocycles. The lowest BCUT2D eigenvalue weighted by Gasteiger charge is -2.22. The minimum Gasteiger partial charge on any atom is -0.495 e. The summed E-state index contributed by atoms with van der Waals surface area (Å²) in [6.07, 6.45) is 0. The van der Waals surface area contributed by atoms with Crippen LogP contribution in [0.3, 0.4) is 0 Å². The maximum Gasteiger partial charge on any atom is 0.351 e. The fourth-order valence-corrected chi connectivity index (χ4v) is 2.69. The summed E-state index contributed by atoms with van der Waals surface area (Å²) in [6, 6.07) is 14.6. The molecule has 0 bridgehead atoms. The van der Waals surface area contributed by atoms with E-state index in [4.69, 9.17) is 14.3 Å². The van der Waals surface area contributed by atoms with Gasteiger partial charge < -0.3 is 19.2 Å². The van der Waals surface area contributed by atoms with E-state index in [0.29, 0.717) is 23.3 Å². The molecule has 0 amide bonds. The Kier molecular flexibility index (Phi) is 4.43. The first-order valence-corrected chi connectivity index (χ1v) is 7.64. The number of hydrogen-bond acceptors (Lipinski definition) is 5. The Bertz CT molecular complexity index is 978. The summed E-state index contributed by atoms with van der Waals surface area (Å²) in [4.78, 5) is 24.9. The summed E-state index contributed by atoms with van der Waals surface area (Å²) >= 11 is 0. The van der Waals surface area contributed by atoms with Crippen molar-refractivity contribution in [2.75, 3.05) is 19.1 Å². The number of rotatable bonds is 5. The third kappa shape index (κ3) is 3.33. The van der Waals surface area contributed by atoms with E-state index in [1.54, 1.807) is 12.1 Å². The molecule has 0 saturated heterocycles. The van der Waals surface area contributed by atoms with Crippen LogP contribution in [-0.2, 0) is 6.54 Å². The quantitative estimate of drug-likeness (QED) is 0.719. The number of carboxylic acids is 1. The second-order valence-electron chi connectivity index (χ2n) is 5.66. The number of methoxy groups -OCH3 is 1. The first-order valence-electron chi connectivity index (χ1n) is 7.64. The summed E-state index contributed by atoms with van der Waals surface area (Å²) in [5.41, 5.74) is 0.896. The van der Waals surface area contributed by atoms with E-state index in [0.717, 1.165) is 11.3 Å². The lowest BCUT2D eigenvalue weighted by atomic mass is 10.1. The zero-order chi connectivity index (χ0) is 18.0. The Labute approximate surface area is 143 Å². The third-order valence-electron chi connectivity index (χ3n) is 3.94. The van der Waals surface area contributed by atoms with E-state index in [9.17, 15) is 9.59 Å². The molecule has 1 aromatic heterocycles. The number of benzene rings is 2. The van der Waals surface area contributed by atoms with Crippen molar-refractivity contribution in [1.82, 2.24) is 0 Å². The van der Waals surface area contributed by atoms with E-state index in [2.05, 4.69) is 0 Å². The third-order valence-corrected chi connectivity index (χ3v) is 3.94. The predicted molar refractivity (Wildman–Crippen MR) is 94.5 cm³/mol. The van der Waals surface area contributed by atoms with Crippen LogP contribution in [0.15, 0.2) is 57.7 Å². The summed E-state index contributed by atoms with van der Waals surface area (Å²) in [5, 5.41) is 9.55. The maximum absolute atomic E-state index is 11.8. The predicted octanol–water partition coefficient (Wildman–Crippen LogP) is 3.14. The summed E-state index contributed by atoms with van der Waals surface area (Å²) in [6.45, 7) is 0.639. The SMILES string of the molecule is COc1cc2cc(C(=O)O)c(=O)oc2cc1N(C)Cc1ccccc1. The molecule has 6 nitrogen and oxygen atoms in total. The van der Waals surface area contributed by atoms with Gasteiger partial charge in [-0.15, -0.1) is 0 Å². The molecule has 0 unspecified atom stereocenters. The summed E-state index contributed by atoms with van der Waals surface area (Å²) in [5.74, 6) is -0.754. The normalized spacial score (nSPS) is 10.6. The van der Waals surface area contributed by atoms with Crippen molar-refractivity contribution in [3.05, 3.63) is 70.1 Å². The highest BCUT2D eigenvalue weighted by atomic mass is 16.5. The van der Waals surface area contributed by atoms with Crippen LogP contribution in [0.5, 0.6) is 5.75 Å². The number of aromatic carboxylic acids is 1. The second kappa shape index (κ2) is 6.68. The van der Waals surface area contributed by atoms with Crippen molar-refractivity contribution in [2.24, 2.45) is 0 Å². The highest BCUT2D eigenvalue weighted by Crippen LogP contribution is 2.33. The number of fused-ring (bicyclic) bond motifs is 1. The molecule has 3 aromatic rings. The molecule has 0 radical (unpaired) electrons. The van der Waals surface area contributed by atoms with E-state index in [1.807, 2.05) is 42.3 Å². The van der Waals surface area contributed by atoms with Crippen LogP contribution >= 0.6 is 0 Å². The number of carboxylic acid groups (broad SMARTS) is 1. The fourth-order valence-electron chi connectivity index (χ4n) is 2.69. The van der Waals surface area contributed by atoms with Crippen molar-refractivity contribution in [3.8, 4) is 5.75 Å². The lowest BCUT2D eigenvalue weighted by Crippen LogP contribution is -2.17. The zero-order valence-corrected chi connectivity index (χ0v) is 13.9. The molecule has 3 rings (SSSR count). The summed E-state index contributed by atoms with van der Waals surface area (Å²) < 4.78 is 10.6. The Morgan fingerprint density at radius 2 is 1.92 bits per heavy atom. The van der Waals surface area contributed by atoms with Crippen molar-refractivity contribution in [1.29, 1.82) is 0 Å². The molecule has 0 aliphatic rings. The highest BCUT2D eigenvalue weighted by molar-refractivity contribution is 5.93. The number of hydrogen-bond donors (Lipinski definition) is 1. The van der Waals surface area contributed by atoms with Crippen molar-refractivity contribution in [3.63, 3.8) is 0 Å². The average molecular weight is 339 g/mol. The fraction of sp³-hybridized carbons (Fsp3) is 0.158. The first kappa shape index (κ1) is 16.6. The van der Waals surface area contributed by atoms with Gasteiger partial charge in [-0.25, -0.2) is 9.59 Å². The summed E-state index contributed by atoms with van der Waals surface area (Å²) in [7, 11) is 3.44. The van der Waals surface area contributed by atoms with Crippen molar-refractivity contribution >= 4 is 22.6 Å². The van der Waals surface area contributed by atoms with Crippen LogP contribution in [0, 0.1) is 0 Å². The van der Waals surface area contributed by atoms with Gasteiger partial charge in [-0.3, -0.25) is 0 Å². The number of ether oxygens (including phenoxy) is 1. The van der Waals surface area contributed by atoms with Gasteiger partial charge in [0.1, 0.15) is 16.9 Å². The molecule has 0 saturated carbocycles. The van der Waals surface area contributed by atoms with Crippen LogP contribution in [0.1, 0.15) is 15.9 Å².